The highest BCUT2D eigenvalue weighted by atomic mass is 32.1. The minimum Gasteiger partial charge on any atom is -0.490 e. The second-order valence-corrected chi connectivity index (χ2v) is 13.2. The second-order valence-electron chi connectivity index (χ2n) is 12.2. The first-order chi connectivity index (χ1) is 22.1. The Kier molecular flexibility index (Phi) is 7.50. The molecule has 0 unspecified atom stereocenters. The normalized spacial score (nSPS) is 17.2. The third kappa shape index (κ3) is 5.08. The van der Waals surface area contributed by atoms with Crippen LogP contribution in [-0.4, -0.2) is 51.4 Å². The van der Waals surface area contributed by atoms with E-state index in [9.17, 15) is 9.18 Å². The largest absolute Gasteiger partial charge is 0.490 e. The number of carbonyl (C=O) groups excluding carboxylic acids is 1. The highest BCUT2D eigenvalue weighted by molar-refractivity contribution is 7.18. The van der Waals surface area contributed by atoms with E-state index in [0.29, 0.717) is 48.9 Å². The molecule has 46 heavy (non-hydrogen) atoms. The van der Waals surface area contributed by atoms with Crippen LogP contribution >= 0.6 is 11.3 Å². The minimum atomic E-state index is -0.762. The Labute approximate surface area is 269 Å². The molecule has 2 N–H and O–H groups in total. The quantitative estimate of drug-likeness (QED) is 0.196. The number of nitrogens with zero attached hydrogens (tertiary/aromatic N) is 4. The number of aromatic nitrogens is 3. The van der Waals surface area contributed by atoms with Gasteiger partial charge in [0, 0.05) is 39.9 Å². The van der Waals surface area contributed by atoms with Gasteiger partial charge >= 0.3 is 0 Å². The van der Waals surface area contributed by atoms with E-state index >= 15 is 4.39 Å². The Morgan fingerprint density at radius 3 is 2.59 bits per heavy atom. The molecule has 236 valence electrons. The fourth-order valence-corrected chi connectivity index (χ4v) is 7.20. The lowest BCUT2D eigenvalue weighted by Crippen LogP contribution is -2.54. The zero-order valence-electron chi connectivity index (χ0n) is 25.7. The molecule has 0 aliphatic carbocycles. The number of nitrogens with two attached hydrogens (primary N) is 1. The standard InChI is InChI=1S/C35H33F2N5O3S/c1-5-29(43)41-15-20(4)42-24(16-41)14-27(40-42)33-31(30-26(37)12-23(36)13-28(30)45-19(2)3)34-25(10-11-46-34)32(39-33)21-6-8-22(9-7-21)35(38)17-44-18-35/h5-14,19-20H,1,15-18,38H2,2-4H3/t20-/m0/s1. The number of rotatable bonds is 7. The Hall–Kier alpha value is -4.45. The van der Waals surface area contributed by atoms with Gasteiger partial charge in [-0.25, -0.2) is 13.8 Å². The molecular formula is C35H33F2N5O3S. The fraction of sp³-hybridized carbons (Fsp3) is 0.286. The van der Waals surface area contributed by atoms with E-state index in [0.717, 1.165) is 33.0 Å². The number of hydrogen-bond donors (Lipinski definition) is 1. The third-order valence-corrected chi connectivity index (χ3v) is 9.42. The van der Waals surface area contributed by atoms with Gasteiger partial charge in [0.15, 0.2) is 0 Å². The molecule has 2 aliphatic rings. The van der Waals surface area contributed by atoms with Crippen LogP contribution in [0.1, 0.15) is 38.1 Å². The minimum absolute atomic E-state index is 0.0819. The van der Waals surface area contributed by atoms with Crippen molar-refractivity contribution < 1.29 is 23.0 Å². The molecule has 1 amide bonds. The predicted octanol–water partition coefficient (Wildman–Crippen LogP) is 6.83. The molecule has 11 heteroatoms. The van der Waals surface area contributed by atoms with Gasteiger partial charge in [0.05, 0.1) is 54.4 Å². The van der Waals surface area contributed by atoms with Crippen LogP contribution in [0, 0.1) is 11.6 Å². The lowest BCUT2D eigenvalue weighted by atomic mass is 9.88. The number of fused-ring (bicyclic) bond motifs is 2. The summed E-state index contributed by atoms with van der Waals surface area (Å²) in [5.74, 6) is -1.58. The lowest BCUT2D eigenvalue weighted by Gasteiger charge is -2.38. The van der Waals surface area contributed by atoms with E-state index in [-0.39, 0.29) is 29.4 Å². The molecule has 1 fully saturated rings. The van der Waals surface area contributed by atoms with Crippen molar-refractivity contribution in [1.82, 2.24) is 19.7 Å². The average Bonchev–Trinajstić information content (AvgIpc) is 3.67. The summed E-state index contributed by atoms with van der Waals surface area (Å²) in [6.45, 7) is 11.0. The summed E-state index contributed by atoms with van der Waals surface area (Å²) in [6.07, 6.45) is 0.966. The van der Waals surface area contributed by atoms with E-state index in [1.807, 2.05) is 67.2 Å². The summed E-state index contributed by atoms with van der Waals surface area (Å²) in [6, 6.07) is 13.7. The summed E-state index contributed by atoms with van der Waals surface area (Å²) in [5, 5.41) is 7.71. The SMILES string of the molecule is C=CC(=O)N1Cc2cc(-c3nc(-c4ccc(C5(N)COC5)cc4)c4ccsc4c3-c3c(F)cc(F)cc3OC(C)C)nn2[C@@H](C)C1. The molecule has 0 radical (unpaired) electrons. The summed E-state index contributed by atoms with van der Waals surface area (Å²) >= 11 is 1.44. The van der Waals surface area contributed by atoms with Gasteiger partial charge in [-0.3, -0.25) is 9.48 Å². The van der Waals surface area contributed by atoms with Gasteiger partial charge in [-0.15, -0.1) is 11.3 Å². The monoisotopic (exact) mass is 641 g/mol. The van der Waals surface area contributed by atoms with Gasteiger partial charge < -0.3 is 20.1 Å². The average molecular weight is 642 g/mol. The third-order valence-electron chi connectivity index (χ3n) is 8.49. The number of pyridine rings is 1. The molecule has 3 aromatic heterocycles. The molecule has 7 rings (SSSR count). The Morgan fingerprint density at radius 1 is 1.15 bits per heavy atom. The second kappa shape index (κ2) is 11.4. The predicted molar refractivity (Wildman–Crippen MR) is 174 cm³/mol. The maximum atomic E-state index is 16.0. The number of carbonyl (C=O) groups is 1. The fourth-order valence-electron chi connectivity index (χ4n) is 6.25. The number of thiophene rings is 1. The smallest absolute Gasteiger partial charge is 0.246 e. The maximum absolute atomic E-state index is 16.0. The van der Waals surface area contributed by atoms with Crippen molar-refractivity contribution in [2.75, 3.05) is 19.8 Å². The topological polar surface area (TPSA) is 95.5 Å². The zero-order valence-corrected chi connectivity index (χ0v) is 26.5. The molecule has 5 heterocycles. The first kappa shape index (κ1) is 30.2. The van der Waals surface area contributed by atoms with Crippen molar-refractivity contribution in [1.29, 1.82) is 0 Å². The molecule has 8 nitrogen and oxygen atoms in total. The van der Waals surface area contributed by atoms with Gasteiger partial charge in [-0.2, -0.15) is 5.10 Å². The number of ether oxygens (including phenoxy) is 2. The van der Waals surface area contributed by atoms with Gasteiger partial charge in [-0.05, 0) is 49.9 Å². The number of halogens is 2. The van der Waals surface area contributed by atoms with Gasteiger partial charge in [0.25, 0.3) is 0 Å². The van der Waals surface area contributed by atoms with Gasteiger partial charge in [0.2, 0.25) is 5.91 Å². The molecule has 5 aromatic rings. The molecule has 1 saturated heterocycles. The summed E-state index contributed by atoms with van der Waals surface area (Å²) < 4.78 is 44.6. The van der Waals surface area contributed by atoms with Crippen molar-refractivity contribution in [3.8, 4) is 39.5 Å². The molecule has 2 aliphatic heterocycles. The Balaban J connectivity index is 1.47. The van der Waals surface area contributed by atoms with Gasteiger partial charge in [-0.1, -0.05) is 30.8 Å². The Bertz CT molecular complexity index is 2000. The van der Waals surface area contributed by atoms with Crippen molar-refractivity contribution in [3.05, 3.63) is 89.5 Å². The van der Waals surface area contributed by atoms with Crippen LogP contribution < -0.4 is 10.5 Å². The molecule has 2 aromatic carbocycles. The number of benzene rings is 2. The summed E-state index contributed by atoms with van der Waals surface area (Å²) in [5.41, 5.74) is 10.8. The number of amides is 1. The first-order valence-electron chi connectivity index (χ1n) is 15.1. The number of hydrogen-bond acceptors (Lipinski definition) is 7. The summed E-state index contributed by atoms with van der Waals surface area (Å²) in [4.78, 5) is 19.4. The van der Waals surface area contributed by atoms with E-state index < -0.39 is 17.2 Å². The van der Waals surface area contributed by atoms with Crippen molar-refractivity contribution in [2.24, 2.45) is 5.73 Å². The van der Waals surface area contributed by atoms with Crippen LogP contribution in [0.4, 0.5) is 8.78 Å². The van der Waals surface area contributed by atoms with Crippen LogP contribution in [0.3, 0.4) is 0 Å². The van der Waals surface area contributed by atoms with E-state index in [1.165, 1.54) is 23.5 Å². The van der Waals surface area contributed by atoms with Crippen LogP contribution in [0.5, 0.6) is 5.75 Å². The molecule has 0 spiro atoms. The highest BCUT2D eigenvalue weighted by Crippen LogP contribution is 2.47. The van der Waals surface area contributed by atoms with E-state index in [1.54, 1.807) is 4.90 Å². The van der Waals surface area contributed by atoms with E-state index in [2.05, 4.69) is 6.58 Å². The Morgan fingerprint density at radius 2 is 1.91 bits per heavy atom. The zero-order chi connectivity index (χ0) is 32.3. The lowest BCUT2D eigenvalue weighted by molar-refractivity contribution is -0.127. The van der Waals surface area contributed by atoms with Crippen LogP contribution in [0.2, 0.25) is 0 Å². The van der Waals surface area contributed by atoms with Crippen molar-refractivity contribution in [3.63, 3.8) is 0 Å². The molecular weight excluding hydrogens is 608 g/mol. The molecule has 1 atom stereocenters. The molecule has 0 bridgehead atoms. The maximum Gasteiger partial charge on any atom is 0.246 e. The van der Waals surface area contributed by atoms with Crippen LogP contribution in [0.25, 0.3) is 43.9 Å². The van der Waals surface area contributed by atoms with E-state index in [4.69, 9.17) is 25.3 Å². The highest BCUT2D eigenvalue weighted by Gasteiger charge is 2.36. The van der Waals surface area contributed by atoms with Crippen LogP contribution in [0.15, 0.2) is 66.6 Å². The van der Waals surface area contributed by atoms with Crippen molar-refractivity contribution >= 4 is 27.3 Å². The van der Waals surface area contributed by atoms with Gasteiger partial charge in [0.1, 0.15) is 28.8 Å². The van der Waals surface area contributed by atoms with Crippen LogP contribution in [-0.2, 0) is 21.6 Å². The molecule has 0 saturated carbocycles. The van der Waals surface area contributed by atoms with Crippen molar-refractivity contribution in [2.45, 2.75) is 45.0 Å². The summed E-state index contributed by atoms with van der Waals surface area (Å²) in [7, 11) is 0. The first-order valence-corrected chi connectivity index (χ1v) is 16.0.